The maximum atomic E-state index is 13.0. The minimum Gasteiger partial charge on any atom is -0.325 e. The molecule has 0 aromatic heterocycles. The second-order valence-corrected chi connectivity index (χ2v) is 7.13. The lowest BCUT2D eigenvalue weighted by Gasteiger charge is -2.10. The fraction of sp³-hybridized carbons (Fsp3) is 0.125. The van der Waals surface area contributed by atoms with Crippen molar-refractivity contribution in [2.24, 2.45) is 0 Å². The van der Waals surface area contributed by atoms with Crippen molar-refractivity contribution in [2.45, 2.75) is 11.1 Å². The quantitative estimate of drug-likeness (QED) is 0.625. The van der Waals surface area contributed by atoms with E-state index < -0.39 is 40.4 Å². The maximum Gasteiger partial charge on any atom is 0.471 e. The fourth-order valence-corrected chi connectivity index (χ4v) is 2.92. The van der Waals surface area contributed by atoms with Crippen LogP contribution in [0.5, 0.6) is 0 Å². The molecule has 7 nitrogen and oxygen atoms in total. The Balaban J connectivity index is 1.96. The Hall–Kier alpha value is -2.99. The van der Waals surface area contributed by atoms with Crippen molar-refractivity contribution in [2.75, 3.05) is 17.2 Å². The number of amides is 2. The van der Waals surface area contributed by atoms with Crippen LogP contribution in [0.15, 0.2) is 53.4 Å². The van der Waals surface area contributed by atoms with Crippen LogP contribution in [-0.2, 0) is 19.6 Å². The maximum absolute atomic E-state index is 13.0. The summed E-state index contributed by atoms with van der Waals surface area (Å²) >= 11 is 0. The van der Waals surface area contributed by atoms with Gasteiger partial charge in [0.05, 0.1) is 11.4 Å². The standard InChI is InChI=1S/C16H13F4N3O4S/c17-10-2-1-3-12(8-10)22-14(24)9-21-28(26,27)13-6-4-11(5-7-13)23-15(25)16(18,19)20/h1-8,21H,9H2,(H,22,24)(H,23,25). The average molecular weight is 419 g/mol. The highest BCUT2D eigenvalue weighted by atomic mass is 32.2. The topological polar surface area (TPSA) is 104 Å². The van der Waals surface area contributed by atoms with Gasteiger partial charge in [-0.3, -0.25) is 9.59 Å². The molecular weight excluding hydrogens is 406 g/mol. The van der Waals surface area contributed by atoms with E-state index in [0.717, 1.165) is 30.3 Å². The zero-order chi connectivity index (χ0) is 20.9. The summed E-state index contributed by atoms with van der Waals surface area (Å²) in [7, 11) is -4.15. The minimum atomic E-state index is -5.08. The van der Waals surface area contributed by atoms with Crippen LogP contribution in [0.3, 0.4) is 0 Å². The molecule has 2 aromatic rings. The van der Waals surface area contributed by atoms with Crippen molar-refractivity contribution >= 4 is 33.2 Å². The van der Waals surface area contributed by atoms with E-state index in [-0.39, 0.29) is 16.3 Å². The van der Waals surface area contributed by atoms with Gasteiger partial charge >= 0.3 is 12.1 Å². The normalized spacial score (nSPS) is 11.7. The second-order valence-electron chi connectivity index (χ2n) is 5.36. The number of alkyl halides is 3. The number of nitrogens with one attached hydrogen (secondary N) is 3. The van der Waals surface area contributed by atoms with Crippen LogP contribution in [0.4, 0.5) is 28.9 Å². The summed E-state index contributed by atoms with van der Waals surface area (Å²) in [5.41, 5.74) is -0.126. The average Bonchev–Trinajstić information content (AvgIpc) is 2.60. The highest BCUT2D eigenvalue weighted by Crippen LogP contribution is 2.19. The van der Waals surface area contributed by atoms with Crippen LogP contribution in [0.2, 0.25) is 0 Å². The Morgan fingerprint density at radius 1 is 0.929 bits per heavy atom. The SMILES string of the molecule is O=C(CNS(=O)(=O)c1ccc(NC(=O)C(F)(F)F)cc1)Nc1cccc(F)c1. The highest BCUT2D eigenvalue weighted by molar-refractivity contribution is 7.89. The summed E-state index contributed by atoms with van der Waals surface area (Å²) in [6.45, 7) is -0.661. The van der Waals surface area contributed by atoms with Gasteiger partial charge in [-0.25, -0.2) is 17.5 Å². The molecule has 0 bridgehead atoms. The van der Waals surface area contributed by atoms with Crippen LogP contribution >= 0.6 is 0 Å². The molecule has 0 radical (unpaired) electrons. The Kier molecular flexibility index (Phi) is 6.36. The third kappa shape index (κ3) is 6.03. The van der Waals surface area contributed by atoms with Gasteiger partial charge < -0.3 is 10.6 Å². The molecule has 0 spiro atoms. The zero-order valence-electron chi connectivity index (χ0n) is 13.9. The lowest BCUT2D eigenvalue weighted by molar-refractivity contribution is -0.167. The molecule has 0 aliphatic rings. The first-order valence-electron chi connectivity index (χ1n) is 7.51. The van der Waals surface area contributed by atoms with Crippen molar-refractivity contribution in [3.8, 4) is 0 Å². The predicted molar refractivity (Wildman–Crippen MR) is 91.3 cm³/mol. The number of hydrogen-bond donors (Lipinski definition) is 3. The number of carbonyl (C=O) groups excluding carboxylic acids is 2. The van der Waals surface area contributed by atoms with Crippen molar-refractivity contribution < 1.29 is 35.6 Å². The molecule has 0 saturated carbocycles. The van der Waals surface area contributed by atoms with E-state index in [1.807, 2.05) is 4.72 Å². The van der Waals surface area contributed by atoms with E-state index in [1.54, 1.807) is 5.32 Å². The van der Waals surface area contributed by atoms with Crippen LogP contribution in [0, 0.1) is 5.82 Å². The lowest BCUT2D eigenvalue weighted by atomic mass is 10.3. The van der Waals surface area contributed by atoms with E-state index in [9.17, 15) is 35.6 Å². The van der Waals surface area contributed by atoms with Gasteiger partial charge in [0.15, 0.2) is 0 Å². The molecule has 12 heteroatoms. The third-order valence-electron chi connectivity index (χ3n) is 3.21. The largest absolute Gasteiger partial charge is 0.471 e. The molecule has 150 valence electrons. The summed E-state index contributed by atoms with van der Waals surface area (Å²) in [5.74, 6) is -3.55. The molecule has 0 aliphatic carbocycles. The van der Waals surface area contributed by atoms with Gasteiger partial charge in [-0.1, -0.05) is 6.07 Å². The van der Waals surface area contributed by atoms with Crippen molar-refractivity contribution in [3.05, 3.63) is 54.3 Å². The van der Waals surface area contributed by atoms with Gasteiger partial charge in [-0.05, 0) is 42.5 Å². The smallest absolute Gasteiger partial charge is 0.325 e. The Morgan fingerprint density at radius 3 is 2.14 bits per heavy atom. The van der Waals surface area contributed by atoms with E-state index >= 15 is 0 Å². The first-order chi connectivity index (χ1) is 13.0. The number of benzene rings is 2. The number of hydrogen-bond acceptors (Lipinski definition) is 4. The van der Waals surface area contributed by atoms with Crippen LogP contribution in [0.25, 0.3) is 0 Å². The van der Waals surface area contributed by atoms with E-state index in [1.165, 1.54) is 18.2 Å². The Morgan fingerprint density at radius 2 is 1.57 bits per heavy atom. The van der Waals surface area contributed by atoms with Gasteiger partial charge in [0.25, 0.3) is 0 Å². The number of halogens is 4. The second kappa shape index (κ2) is 8.35. The molecule has 0 fully saturated rings. The van der Waals surface area contributed by atoms with Crippen LogP contribution < -0.4 is 15.4 Å². The van der Waals surface area contributed by atoms with Gasteiger partial charge in [0.2, 0.25) is 15.9 Å². The summed E-state index contributed by atoms with van der Waals surface area (Å²) in [5, 5.41) is 3.86. The van der Waals surface area contributed by atoms with E-state index in [4.69, 9.17) is 0 Å². The summed E-state index contributed by atoms with van der Waals surface area (Å²) in [6, 6.07) is 8.81. The highest BCUT2D eigenvalue weighted by Gasteiger charge is 2.38. The molecule has 3 N–H and O–H groups in total. The predicted octanol–water partition coefficient (Wildman–Crippen LogP) is 2.24. The fourth-order valence-electron chi connectivity index (χ4n) is 1.93. The number of anilines is 2. The van der Waals surface area contributed by atoms with Gasteiger partial charge in [-0.15, -0.1) is 0 Å². The molecule has 0 aliphatic heterocycles. The molecule has 2 aromatic carbocycles. The molecule has 2 rings (SSSR count). The first kappa shape index (κ1) is 21.3. The van der Waals surface area contributed by atoms with Crippen molar-refractivity contribution in [1.82, 2.24) is 4.72 Å². The zero-order valence-corrected chi connectivity index (χ0v) is 14.7. The van der Waals surface area contributed by atoms with Crippen molar-refractivity contribution in [1.29, 1.82) is 0 Å². The van der Waals surface area contributed by atoms with Gasteiger partial charge in [-0.2, -0.15) is 13.2 Å². The van der Waals surface area contributed by atoms with Crippen molar-refractivity contribution in [3.63, 3.8) is 0 Å². The Bertz CT molecular complexity index is 976. The first-order valence-corrected chi connectivity index (χ1v) is 8.99. The summed E-state index contributed by atoms with van der Waals surface area (Å²) < 4.78 is 75.8. The van der Waals surface area contributed by atoms with E-state index in [2.05, 4.69) is 5.32 Å². The monoisotopic (exact) mass is 419 g/mol. The molecule has 0 heterocycles. The lowest BCUT2D eigenvalue weighted by Crippen LogP contribution is -2.33. The van der Waals surface area contributed by atoms with Crippen LogP contribution in [-0.4, -0.2) is 33.0 Å². The number of carbonyl (C=O) groups is 2. The molecule has 0 saturated heterocycles. The van der Waals surface area contributed by atoms with Gasteiger partial charge in [0, 0.05) is 11.4 Å². The minimum absolute atomic E-state index is 0.133. The van der Waals surface area contributed by atoms with Crippen LogP contribution in [0.1, 0.15) is 0 Å². The molecule has 0 atom stereocenters. The third-order valence-corrected chi connectivity index (χ3v) is 4.63. The van der Waals surface area contributed by atoms with E-state index in [0.29, 0.717) is 0 Å². The molecule has 28 heavy (non-hydrogen) atoms. The summed E-state index contributed by atoms with van der Waals surface area (Å²) in [6.07, 6.45) is -5.08. The summed E-state index contributed by atoms with van der Waals surface area (Å²) in [4.78, 5) is 22.2. The molecular formula is C16H13F4N3O4S. The molecule has 0 unspecified atom stereocenters. The number of sulfonamides is 1. The van der Waals surface area contributed by atoms with Gasteiger partial charge in [0.1, 0.15) is 5.82 Å². The molecule has 2 amide bonds. The number of rotatable bonds is 6. The Labute approximate surface area is 156 Å².